The van der Waals surface area contributed by atoms with Gasteiger partial charge in [-0.15, -0.1) is 0 Å². The molecular formula is C25H30N2O4. The first-order valence-electron chi connectivity index (χ1n) is 11.5. The highest BCUT2D eigenvalue weighted by Crippen LogP contribution is 2.38. The number of carbonyl (C=O) groups is 1. The Morgan fingerprint density at radius 1 is 1.10 bits per heavy atom. The number of ether oxygens (including phenoxy) is 3. The minimum absolute atomic E-state index is 0.103. The van der Waals surface area contributed by atoms with E-state index in [1.54, 1.807) is 18.2 Å². The Bertz CT molecular complexity index is 951. The zero-order valence-corrected chi connectivity index (χ0v) is 18.1. The average Bonchev–Trinajstić information content (AvgIpc) is 3.64. The van der Waals surface area contributed by atoms with E-state index in [1.165, 1.54) is 44.9 Å². The normalized spacial score (nSPS) is 19.0. The van der Waals surface area contributed by atoms with Gasteiger partial charge in [-0.3, -0.25) is 14.7 Å². The zero-order valence-electron chi connectivity index (χ0n) is 18.1. The molecule has 5 rings (SSSR count). The molecule has 6 heteroatoms. The summed E-state index contributed by atoms with van der Waals surface area (Å²) in [6.07, 6.45) is 11.5. The smallest absolute Gasteiger partial charge is 0.266 e. The number of anilines is 1. The van der Waals surface area contributed by atoms with Crippen molar-refractivity contribution in [3.63, 3.8) is 0 Å². The SMILES string of the molecule is COc1cc(N2COc3cc(C4CCCCC4)ncc3C2=O)ccc1OCCC1CC1. The Morgan fingerprint density at radius 3 is 2.71 bits per heavy atom. The van der Waals surface area contributed by atoms with Crippen LogP contribution < -0.4 is 19.1 Å². The van der Waals surface area contributed by atoms with Crippen LogP contribution in [0.1, 0.15) is 73.3 Å². The molecule has 1 aromatic heterocycles. The molecule has 0 unspecified atom stereocenters. The maximum atomic E-state index is 13.2. The molecule has 31 heavy (non-hydrogen) atoms. The average molecular weight is 423 g/mol. The monoisotopic (exact) mass is 422 g/mol. The number of benzene rings is 1. The van der Waals surface area contributed by atoms with E-state index in [4.69, 9.17) is 14.2 Å². The number of methoxy groups -OCH3 is 1. The molecule has 2 aliphatic carbocycles. The fourth-order valence-corrected chi connectivity index (χ4v) is 4.57. The Balaban J connectivity index is 1.31. The Hall–Kier alpha value is -2.76. The van der Waals surface area contributed by atoms with Gasteiger partial charge in [-0.1, -0.05) is 32.1 Å². The number of carbonyl (C=O) groups excluding carboxylic acids is 1. The summed E-state index contributed by atoms with van der Waals surface area (Å²) >= 11 is 0. The van der Waals surface area contributed by atoms with E-state index in [9.17, 15) is 4.79 Å². The van der Waals surface area contributed by atoms with Gasteiger partial charge in [0, 0.05) is 29.9 Å². The molecule has 2 fully saturated rings. The number of rotatable bonds is 7. The van der Waals surface area contributed by atoms with Crippen molar-refractivity contribution >= 4 is 11.6 Å². The van der Waals surface area contributed by atoms with Crippen LogP contribution in [-0.2, 0) is 0 Å². The molecule has 164 valence electrons. The van der Waals surface area contributed by atoms with E-state index < -0.39 is 0 Å². The van der Waals surface area contributed by atoms with Crippen LogP contribution in [0.5, 0.6) is 17.2 Å². The number of nitrogens with zero attached hydrogens (tertiary/aromatic N) is 2. The van der Waals surface area contributed by atoms with Gasteiger partial charge in [-0.2, -0.15) is 0 Å². The van der Waals surface area contributed by atoms with Crippen LogP contribution in [0.15, 0.2) is 30.5 Å². The van der Waals surface area contributed by atoms with Crippen molar-refractivity contribution in [3.8, 4) is 17.2 Å². The van der Waals surface area contributed by atoms with Crippen LogP contribution in [0.25, 0.3) is 0 Å². The number of hydrogen-bond donors (Lipinski definition) is 0. The van der Waals surface area contributed by atoms with Crippen molar-refractivity contribution in [2.45, 2.75) is 57.3 Å². The molecule has 2 heterocycles. The maximum absolute atomic E-state index is 13.2. The molecule has 0 atom stereocenters. The van der Waals surface area contributed by atoms with Crippen molar-refractivity contribution in [1.29, 1.82) is 0 Å². The zero-order chi connectivity index (χ0) is 21.2. The minimum atomic E-state index is -0.103. The van der Waals surface area contributed by atoms with Gasteiger partial charge in [0.15, 0.2) is 18.2 Å². The lowest BCUT2D eigenvalue weighted by molar-refractivity contribution is 0.0936. The second kappa shape index (κ2) is 8.77. The second-order valence-corrected chi connectivity index (χ2v) is 8.86. The summed E-state index contributed by atoms with van der Waals surface area (Å²) in [7, 11) is 1.62. The third-order valence-corrected chi connectivity index (χ3v) is 6.67. The molecule has 1 amide bonds. The van der Waals surface area contributed by atoms with E-state index in [0.29, 0.717) is 35.3 Å². The molecule has 1 aliphatic heterocycles. The van der Waals surface area contributed by atoms with Gasteiger partial charge in [-0.05, 0) is 37.3 Å². The van der Waals surface area contributed by atoms with Crippen molar-refractivity contribution in [2.75, 3.05) is 25.3 Å². The Labute approximate surface area is 183 Å². The second-order valence-electron chi connectivity index (χ2n) is 8.86. The first kappa shape index (κ1) is 20.2. The standard InChI is InChI=1S/C25H30N2O4/c1-29-24-13-19(9-10-22(24)30-12-11-17-7-8-17)27-16-31-23-14-21(18-5-3-2-4-6-18)26-15-20(23)25(27)28/h9-10,13-15,17-18H,2-8,11-12,16H2,1H3. The van der Waals surface area contributed by atoms with E-state index in [0.717, 1.165) is 23.7 Å². The van der Waals surface area contributed by atoms with Crippen LogP contribution in [0.3, 0.4) is 0 Å². The summed E-state index contributed by atoms with van der Waals surface area (Å²) in [6.45, 7) is 0.861. The number of hydrogen-bond acceptors (Lipinski definition) is 5. The van der Waals surface area contributed by atoms with Gasteiger partial charge in [0.1, 0.15) is 11.3 Å². The molecule has 0 N–H and O–H groups in total. The largest absolute Gasteiger partial charge is 0.493 e. The van der Waals surface area contributed by atoms with Gasteiger partial charge >= 0.3 is 0 Å². The molecule has 1 aromatic carbocycles. The number of fused-ring (bicyclic) bond motifs is 1. The van der Waals surface area contributed by atoms with Gasteiger partial charge in [-0.25, -0.2) is 0 Å². The quantitative estimate of drug-likeness (QED) is 0.605. The fourth-order valence-electron chi connectivity index (χ4n) is 4.57. The first-order valence-corrected chi connectivity index (χ1v) is 11.5. The van der Waals surface area contributed by atoms with Gasteiger partial charge < -0.3 is 14.2 Å². The van der Waals surface area contributed by atoms with Crippen molar-refractivity contribution in [1.82, 2.24) is 4.98 Å². The summed E-state index contributed by atoms with van der Waals surface area (Å²) in [6, 6.07) is 7.56. The van der Waals surface area contributed by atoms with E-state index in [1.807, 2.05) is 24.3 Å². The number of aromatic nitrogens is 1. The minimum Gasteiger partial charge on any atom is -0.493 e. The predicted molar refractivity (Wildman–Crippen MR) is 118 cm³/mol. The highest BCUT2D eigenvalue weighted by atomic mass is 16.5. The van der Waals surface area contributed by atoms with E-state index in [-0.39, 0.29) is 12.6 Å². The lowest BCUT2D eigenvalue weighted by Gasteiger charge is -2.30. The van der Waals surface area contributed by atoms with Crippen LogP contribution in [0, 0.1) is 5.92 Å². The van der Waals surface area contributed by atoms with Gasteiger partial charge in [0.2, 0.25) is 0 Å². The van der Waals surface area contributed by atoms with E-state index in [2.05, 4.69) is 4.98 Å². The predicted octanol–water partition coefficient (Wildman–Crippen LogP) is 5.31. The number of amides is 1. The van der Waals surface area contributed by atoms with Gasteiger partial charge in [0.05, 0.1) is 19.4 Å². The summed E-state index contributed by atoms with van der Waals surface area (Å²) in [5.41, 5.74) is 2.28. The first-order chi connectivity index (χ1) is 15.2. The van der Waals surface area contributed by atoms with Crippen LogP contribution in [0.2, 0.25) is 0 Å². The molecule has 2 saturated carbocycles. The topological polar surface area (TPSA) is 60.9 Å². The van der Waals surface area contributed by atoms with Crippen LogP contribution in [-0.4, -0.2) is 31.3 Å². The van der Waals surface area contributed by atoms with Crippen LogP contribution in [0.4, 0.5) is 5.69 Å². The number of pyridine rings is 1. The van der Waals surface area contributed by atoms with Crippen molar-refractivity contribution in [2.24, 2.45) is 5.92 Å². The molecule has 0 spiro atoms. The molecule has 0 bridgehead atoms. The fraction of sp³-hybridized carbons (Fsp3) is 0.520. The van der Waals surface area contributed by atoms with Crippen molar-refractivity contribution < 1.29 is 19.0 Å². The highest BCUT2D eigenvalue weighted by molar-refractivity contribution is 6.08. The molecular weight excluding hydrogens is 392 g/mol. The summed E-state index contributed by atoms with van der Waals surface area (Å²) in [5.74, 6) is 3.17. The molecule has 3 aliphatic rings. The summed E-state index contributed by atoms with van der Waals surface area (Å²) < 4.78 is 17.4. The van der Waals surface area contributed by atoms with Crippen molar-refractivity contribution in [3.05, 3.63) is 41.7 Å². The van der Waals surface area contributed by atoms with E-state index >= 15 is 0 Å². The lowest BCUT2D eigenvalue weighted by atomic mass is 9.86. The molecule has 0 radical (unpaired) electrons. The lowest BCUT2D eigenvalue weighted by Crippen LogP contribution is -2.39. The molecule has 2 aromatic rings. The third kappa shape index (κ3) is 4.34. The van der Waals surface area contributed by atoms with Crippen LogP contribution >= 0.6 is 0 Å². The maximum Gasteiger partial charge on any atom is 0.266 e. The summed E-state index contributed by atoms with van der Waals surface area (Å²) in [5, 5.41) is 0. The highest BCUT2D eigenvalue weighted by Gasteiger charge is 2.29. The van der Waals surface area contributed by atoms with Gasteiger partial charge in [0.25, 0.3) is 5.91 Å². The molecule has 0 saturated heterocycles. The Kier molecular flexibility index (Phi) is 5.70. The molecule has 6 nitrogen and oxygen atoms in total. The summed E-state index contributed by atoms with van der Waals surface area (Å²) in [4.78, 5) is 19.4. The Morgan fingerprint density at radius 2 is 1.94 bits per heavy atom. The third-order valence-electron chi connectivity index (χ3n) is 6.67.